The molecule has 1 aliphatic heterocycles. The molecule has 2 aliphatic rings. The summed E-state index contributed by atoms with van der Waals surface area (Å²) in [6, 6.07) is 0.585. The Bertz CT molecular complexity index is 196. The zero-order chi connectivity index (χ0) is 9.26. The second-order valence-electron chi connectivity index (χ2n) is 3.94. The van der Waals surface area contributed by atoms with Gasteiger partial charge in [0.2, 0.25) is 5.91 Å². The largest absolute Gasteiger partial charge is 0.368 e. The van der Waals surface area contributed by atoms with Gasteiger partial charge in [0.05, 0.1) is 0 Å². The van der Waals surface area contributed by atoms with Crippen molar-refractivity contribution in [3.8, 4) is 0 Å². The van der Waals surface area contributed by atoms with Crippen molar-refractivity contribution < 1.29 is 9.53 Å². The lowest BCUT2D eigenvalue weighted by atomic mass is 9.87. The summed E-state index contributed by atoms with van der Waals surface area (Å²) in [5.41, 5.74) is 5.62. The van der Waals surface area contributed by atoms with E-state index in [0.717, 1.165) is 32.3 Å². The molecule has 3 N–H and O–H groups in total. The lowest BCUT2D eigenvalue weighted by molar-refractivity contribution is -0.131. The normalized spacial score (nSPS) is 38.4. The highest BCUT2D eigenvalue weighted by Crippen LogP contribution is 2.19. The van der Waals surface area contributed by atoms with Crippen LogP contribution in [-0.4, -0.2) is 30.7 Å². The van der Waals surface area contributed by atoms with Gasteiger partial charge in [-0.05, 0) is 25.7 Å². The molecular weight excluding hydrogens is 168 g/mol. The Morgan fingerprint density at radius 2 is 2.23 bits per heavy atom. The molecule has 1 amide bonds. The summed E-state index contributed by atoms with van der Waals surface area (Å²) in [7, 11) is 0. The topological polar surface area (TPSA) is 64.3 Å². The number of carbonyl (C=O) groups excluding carboxylic acids is 1. The molecule has 4 heteroatoms. The van der Waals surface area contributed by atoms with Crippen molar-refractivity contribution >= 4 is 5.91 Å². The molecule has 0 bridgehead atoms. The monoisotopic (exact) mass is 184 g/mol. The van der Waals surface area contributed by atoms with Crippen molar-refractivity contribution in [2.75, 3.05) is 6.61 Å². The van der Waals surface area contributed by atoms with E-state index < -0.39 is 0 Å². The molecule has 1 saturated carbocycles. The minimum absolute atomic E-state index is 0.0504. The van der Waals surface area contributed by atoms with Crippen LogP contribution in [0.15, 0.2) is 0 Å². The third-order valence-corrected chi connectivity index (χ3v) is 2.74. The number of rotatable bonds is 2. The fourth-order valence-electron chi connectivity index (χ4n) is 1.86. The Labute approximate surface area is 77.8 Å². The van der Waals surface area contributed by atoms with Crippen LogP contribution in [0.3, 0.4) is 0 Å². The lowest BCUT2D eigenvalue weighted by Crippen LogP contribution is -2.52. The van der Waals surface area contributed by atoms with Gasteiger partial charge in [0.15, 0.2) is 0 Å². The van der Waals surface area contributed by atoms with E-state index in [0.29, 0.717) is 6.04 Å². The van der Waals surface area contributed by atoms with E-state index in [4.69, 9.17) is 10.5 Å². The molecule has 1 heterocycles. The molecule has 2 fully saturated rings. The van der Waals surface area contributed by atoms with E-state index in [1.165, 1.54) is 0 Å². The number of ether oxygens (including phenoxy) is 1. The van der Waals surface area contributed by atoms with Crippen LogP contribution in [-0.2, 0) is 9.53 Å². The standard InChI is InChI=1S/C9H16N2O2/c10-6-4-7(5-6)11-9(12)8-2-1-3-13-8/h6-8H,1-5,10H2,(H,11,12)/t6?,7?,8-/m0/s1. The summed E-state index contributed by atoms with van der Waals surface area (Å²) in [6.07, 6.45) is 3.50. The molecule has 0 unspecified atom stereocenters. The first-order valence-electron chi connectivity index (χ1n) is 4.93. The van der Waals surface area contributed by atoms with Gasteiger partial charge in [-0.3, -0.25) is 4.79 Å². The zero-order valence-electron chi connectivity index (χ0n) is 7.66. The average molecular weight is 184 g/mol. The third kappa shape index (κ3) is 2.00. The quantitative estimate of drug-likeness (QED) is 0.623. The second-order valence-corrected chi connectivity index (χ2v) is 3.94. The number of nitrogens with two attached hydrogens (primary N) is 1. The van der Waals surface area contributed by atoms with Crippen LogP contribution in [0.4, 0.5) is 0 Å². The number of amides is 1. The first-order chi connectivity index (χ1) is 6.25. The molecule has 0 aromatic carbocycles. The van der Waals surface area contributed by atoms with Crippen LogP contribution in [0.5, 0.6) is 0 Å². The van der Waals surface area contributed by atoms with Crippen LogP contribution in [0.1, 0.15) is 25.7 Å². The number of carbonyl (C=O) groups is 1. The number of hydrogen-bond donors (Lipinski definition) is 2. The van der Waals surface area contributed by atoms with E-state index in [9.17, 15) is 4.79 Å². The van der Waals surface area contributed by atoms with Gasteiger partial charge in [0.1, 0.15) is 6.10 Å². The molecule has 4 nitrogen and oxygen atoms in total. The predicted molar refractivity (Wildman–Crippen MR) is 48.1 cm³/mol. The first-order valence-corrected chi connectivity index (χ1v) is 4.93. The maximum Gasteiger partial charge on any atom is 0.249 e. The van der Waals surface area contributed by atoms with Crippen molar-refractivity contribution in [2.45, 2.75) is 43.9 Å². The Hall–Kier alpha value is -0.610. The zero-order valence-corrected chi connectivity index (χ0v) is 7.66. The maximum absolute atomic E-state index is 11.5. The SMILES string of the molecule is NC1CC(NC(=O)[C@@H]2CCCO2)C1. The van der Waals surface area contributed by atoms with E-state index in [2.05, 4.69) is 5.32 Å². The van der Waals surface area contributed by atoms with Crippen LogP contribution in [0, 0.1) is 0 Å². The highest BCUT2D eigenvalue weighted by molar-refractivity contribution is 5.81. The van der Waals surface area contributed by atoms with Gasteiger partial charge in [-0.2, -0.15) is 0 Å². The molecule has 0 aromatic rings. The molecule has 0 radical (unpaired) electrons. The van der Waals surface area contributed by atoms with E-state index in [-0.39, 0.29) is 18.1 Å². The van der Waals surface area contributed by atoms with Gasteiger partial charge in [-0.1, -0.05) is 0 Å². The van der Waals surface area contributed by atoms with E-state index >= 15 is 0 Å². The molecule has 0 aromatic heterocycles. The molecule has 2 rings (SSSR count). The number of nitrogens with one attached hydrogen (secondary N) is 1. The van der Waals surface area contributed by atoms with Crippen LogP contribution >= 0.6 is 0 Å². The Kier molecular flexibility index (Phi) is 2.51. The smallest absolute Gasteiger partial charge is 0.249 e. The number of hydrogen-bond acceptors (Lipinski definition) is 3. The molecule has 13 heavy (non-hydrogen) atoms. The molecular formula is C9H16N2O2. The molecule has 1 atom stereocenters. The van der Waals surface area contributed by atoms with Crippen molar-refractivity contribution in [2.24, 2.45) is 5.73 Å². The van der Waals surface area contributed by atoms with Gasteiger partial charge >= 0.3 is 0 Å². The molecule has 74 valence electrons. The molecule has 1 saturated heterocycles. The summed E-state index contributed by atoms with van der Waals surface area (Å²) in [5.74, 6) is 0.0504. The lowest BCUT2D eigenvalue weighted by Gasteiger charge is -2.33. The van der Waals surface area contributed by atoms with Gasteiger partial charge in [0, 0.05) is 18.7 Å². The van der Waals surface area contributed by atoms with Crippen molar-refractivity contribution in [1.29, 1.82) is 0 Å². The minimum Gasteiger partial charge on any atom is -0.368 e. The third-order valence-electron chi connectivity index (χ3n) is 2.74. The fraction of sp³-hybridized carbons (Fsp3) is 0.889. The van der Waals surface area contributed by atoms with Gasteiger partial charge in [0.25, 0.3) is 0 Å². The summed E-state index contributed by atoms with van der Waals surface area (Å²) < 4.78 is 5.27. The Morgan fingerprint density at radius 1 is 1.46 bits per heavy atom. The van der Waals surface area contributed by atoms with Gasteiger partial charge in [-0.15, -0.1) is 0 Å². The van der Waals surface area contributed by atoms with Crippen LogP contribution < -0.4 is 11.1 Å². The second kappa shape index (κ2) is 3.64. The van der Waals surface area contributed by atoms with Crippen LogP contribution in [0.25, 0.3) is 0 Å². The maximum atomic E-state index is 11.5. The highest BCUT2D eigenvalue weighted by Gasteiger charge is 2.31. The van der Waals surface area contributed by atoms with Crippen molar-refractivity contribution in [3.63, 3.8) is 0 Å². The summed E-state index contributed by atoms with van der Waals surface area (Å²) in [4.78, 5) is 11.5. The highest BCUT2D eigenvalue weighted by atomic mass is 16.5. The minimum atomic E-state index is -0.197. The summed E-state index contributed by atoms with van der Waals surface area (Å²) in [5, 5.41) is 2.94. The van der Waals surface area contributed by atoms with Gasteiger partial charge in [-0.25, -0.2) is 0 Å². The van der Waals surface area contributed by atoms with Crippen LogP contribution in [0.2, 0.25) is 0 Å². The predicted octanol–water partition coefficient (Wildman–Crippen LogP) is -0.229. The van der Waals surface area contributed by atoms with Gasteiger partial charge < -0.3 is 15.8 Å². The van der Waals surface area contributed by atoms with Crippen molar-refractivity contribution in [1.82, 2.24) is 5.32 Å². The van der Waals surface area contributed by atoms with E-state index in [1.54, 1.807) is 0 Å². The molecule has 0 spiro atoms. The van der Waals surface area contributed by atoms with Crippen molar-refractivity contribution in [3.05, 3.63) is 0 Å². The summed E-state index contributed by atoms with van der Waals surface area (Å²) >= 11 is 0. The Morgan fingerprint density at radius 3 is 2.77 bits per heavy atom. The first kappa shape index (κ1) is 8.97. The van der Waals surface area contributed by atoms with E-state index in [1.807, 2.05) is 0 Å². The fourth-order valence-corrected chi connectivity index (χ4v) is 1.86. The molecule has 1 aliphatic carbocycles. The average Bonchev–Trinajstić information content (AvgIpc) is 2.53. The summed E-state index contributed by atoms with van der Waals surface area (Å²) in [6.45, 7) is 0.724. The Balaban J connectivity index is 1.72.